The Balaban J connectivity index is 1.96. The molecular weight excluding hydrogens is 229 g/mol. The van der Waals surface area contributed by atoms with E-state index in [0.29, 0.717) is 6.04 Å². The standard InChI is InChI=1S/C14H16FN3/c1-18(12-4-5-16-8-12)13-7-10-6-11(15)2-3-14(10)17-9-13/h2-3,6-7,9,12,16H,4-5,8H2,1H3. The molecular formula is C14H16FN3. The first-order valence-corrected chi connectivity index (χ1v) is 6.23. The number of pyridine rings is 1. The molecule has 1 N–H and O–H groups in total. The van der Waals surface area contributed by atoms with Gasteiger partial charge in [-0.15, -0.1) is 0 Å². The topological polar surface area (TPSA) is 28.2 Å². The van der Waals surface area contributed by atoms with Crippen LogP contribution in [0.4, 0.5) is 10.1 Å². The second-order valence-electron chi connectivity index (χ2n) is 4.79. The van der Waals surface area contributed by atoms with Gasteiger partial charge < -0.3 is 10.2 Å². The van der Waals surface area contributed by atoms with Crippen molar-refractivity contribution in [3.05, 3.63) is 36.3 Å². The van der Waals surface area contributed by atoms with Crippen molar-refractivity contribution in [2.24, 2.45) is 0 Å². The first kappa shape index (κ1) is 11.4. The fraction of sp³-hybridized carbons (Fsp3) is 0.357. The minimum atomic E-state index is -0.216. The Morgan fingerprint density at radius 1 is 1.39 bits per heavy atom. The van der Waals surface area contributed by atoms with E-state index >= 15 is 0 Å². The SMILES string of the molecule is CN(c1cnc2ccc(F)cc2c1)C1CCNC1. The van der Waals surface area contributed by atoms with Gasteiger partial charge in [-0.25, -0.2) is 4.39 Å². The highest BCUT2D eigenvalue weighted by Gasteiger charge is 2.19. The van der Waals surface area contributed by atoms with Crippen LogP contribution in [0.3, 0.4) is 0 Å². The summed E-state index contributed by atoms with van der Waals surface area (Å²) in [5.74, 6) is -0.216. The number of benzene rings is 1. The normalized spacial score (nSPS) is 19.3. The quantitative estimate of drug-likeness (QED) is 0.879. The Bertz CT molecular complexity index is 564. The number of aromatic nitrogens is 1. The van der Waals surface area contributed by atoms with E-state index in [1.807, 2.05) is 12.3 Å². The third-order valence-electron chi connectivity index (χ3n) is 3.62. The van der Waals surface area contributed by atoms with Crippen molar-refractivity contribution in [1.82, 2.24) is 10.3 Å². The summed E-state index contributed by atoms with van der Waals surface area (Å²) in [6.45, 7) is 2.06. The summed E-state index contributed by atoms with van der Waals surface area (Å²) in [4.78, 5) is 6.61. The summed E-state index contributed by atoms with van der Waals surface area (Å²) in [6, 6.07) is 7.19. The van der Waals surface area contributed by atoms with E-state index in [0.717, 1.165) is 36.1 Å². The second kappa shape index (κ2) is 4.53. The average Bonchev–Trinajstić information content (AvgIpc) is 2.90. The van der Waals surface area contributed by atoms with Gasteiger partial charge in [0.25, 0.3) is 0 Å². The van der Waals surface area contributed by atoms with E-state index in [2.05, 4.69) is 22.2 Å². The van der Waals surface area contributed by atoms with Gasteiger partial charge in [0, 0.05) is 25.0 Å². The molecule has 0 radical (unpaired) electrons. The zero-order chi connectivity index (χ0) is 12.5. The summed E-state index contributed by atoms with van der Waals surface area (Å²) in [6.07, 6.45) is 3.00. The van der Waals surface area contributed by atoms with Gasteiger partial charge in [0.05, 0.1) is 17.4 Å². The van der Waals surface area contributed by atoms with Gasteiger partial charge >= 0.3 is 0 Å². The van der Waals surface area contributed by atoms with E-state index in [-0.39, 0.29) is 5.82 Å². The summed E-state index contributed by atoms with van der Waals surface area (Å²) in [5.41, 5.74) is 1.87. The lowest BCUT2D eigenvalue weighted by Crippen LogP contribution is -2.33. The number of likely N-dealkylation sites (N-methyl/N-ethyl adjacent to an activating group) is 1. The molecule has 18 heavy (non-hydrogen) atoms. The van der Waals surface area contributed by atoms with Crippen molar-refractivity contribution in [1.29, 1.82) is 0 Å². The molecule has 1 aliphatic rings. The molecule has 4 heteroatoms. The average molecular weight is 245 g/mol. The van der Waals surface area contributed by atoms with E-state index in [1.165, 1.54) is 12.1 Å². The Hall–Kier alpha value is -1.68. The number of anilines is 1. The molecule has 1 unspecified atom stereocenters. The molecule has 1 aliphatic heterocycles. The van der Waals surface area contributed by atoms with E-state index < -0.39 is 0 Å². The minimum Gasteiger partial charge on any atom is -0.369 e. The number of fused-ring (bicyclic) bond motifs is 1. The van der Waals surface area contributed by atoms with Gasteiger partial charge in [0.1, 0.15) is 5.82 Å². The number of nitrogens with zero attached hydrogens (tertiary/aromatic N) is 2. The van der Waals surface area contributed by atoms with Crippen LogP contribution in [0.5, 0.6) is 0 Å². The molecule has 94 valence electrons. The predicted octanol–water partition coefficient (Wildman–Crippen LogP) is 2.17. The molecule has 1 aromatic carbocycles. The van der Waals surface area contributed by atoms with Gasteiger partial charge in [0.15, 0.2) is 0 Å². The zero-order valence-corrected chi connectivity index (χ0v) is 10.4. The first-order valence-electron chi connectivity index (χ1n) is 6.23. The lowest BCUT2D eigenvalue weighted by Gasteiger charge is -2.25. The Morgan fingerprint density at radius 2 is 2.28 bits per heavy atom. The summed E-state index contributed by atoms with van der Waals surface area (Å²) < 4.78 is 13.2. The van der Waals surface area contributed by atoms with Crippen LogP contribution in [-0.2, 0) is 0 Å². The maximum Gasteiger partial charge on any atom is 0.123 e. The molecule has 0 aliphatic carbocycles. The largest absolute Gasteiger partial charge is 0.369 e. The molecule has 3 rings (SSSR count). The lowest BCUT2D eigenvalue weighted by atomic mass is 10.1. The number of hydrogen-bond acceptors (Lipinski definition) is 3. The number of rotatable bonds is 2. The molecule has 2 aromatic rings. The summed E-state index contributed by atoms with van der Waals surface area (Å²) in [5, 5.41) is 4.20. The molecule has 0 amide bonds. The van der Waals surface area contributed by atoms with E-state index in [1.54, 1.807) is 6.07 Å². The van der Waals surface area contributed by atoms with Crippen LogP contribution in [0.2, 0.25) is 0 Å². The van der Waals surface area contributed by atoms with Crippen molar-refractivity contribution in [3.63, 3.8) is 0 Å². The smallest absolute Gasteiger partial charge is 0.123 e. The lowest BCUT2D eigenvalue weighted by molar-refractivity contribution is 0.629. The van der Waals surface area contributed by atoms with Gasteiger partial charge in [-0.2, -0.15) is 0 Å². The Labute approximate surface area is 106 Å². The predicted molar refractivity (Wildman–Crippen MR) is 71.4 cm³/mol. The number of halogens is 1. The molecule has 3 nitrogen and oxygen atoms in total. The fourth-order valence-corrected chi connectivity index (χ4v) is 2.46. The second-order valence-corrected chi connectivity index (χ2v) is 4.79. The van der Waals surface area contributed by atoms with Crippen LogP contribution < -0.4 is 10.2 Å². The summed E-state index contributed by atoms with van der Waals surface area (Å²) >= 11 is 0. The van der Waals surface area contributed by atoms with Crippen molar-refractivity contribution < 1.29 is 4.39 Å². The molecule has 1 saturated heterocycles. The van der Waals surface area contributed by atoms with Gasteiger partial charge in [-0.3, -0.25) is 4.98 Å². The van der Waals surface area contributed by atoms with Crippen molar-refractivity contribution >= 4 is 16.6 Å². The zero-order valence-electron chi connectivity index (χ0n) is 10.4. The van der Waals surface area contributed by atoms with Gasteiger partial charge in [-0.1, -0.05) is 0 Å². The highest BCUT2D eigenvalue weighted by Crippen LogP contribution is 2.22. The van der Waals surface area contributed by atoms with E-state index in [9.17, 15) is 4.39 Å². The van der Waals surface area contributed by atoms with Crippen LogP contribution in [0.15, 0.2) is 30.5 Å². The maximum absolute atomic E-state index is 13.2. The van der Waals surface area contributed by atoms with Crippen molar-refractivity contribution in [3.8, 4) is 0 Å². The minimum absolute atomic E-state index is 0.216. The monoisotopic (exact) mass is 245 g/mol. The van der Waals surface area contributed by atoms with Crippen LogP contribution in [0.1, 0.15) is 6.42 Å². The molecule has 1 atom stereocenters. The van der Waals surface area contributed by atoms with Crippen LogP contribution in [0, 0.1) is 5.82 Å². The van der Waals surface area contributed by atoms with Crippen molar-refractivity contribution in [2.75, 3.05) is 25.0 Å². The maximum atomic E-state index is 13.2. The van der Waals surface area contributed by atoms with Crippen LogP contribution >= 0.6 is 0 Å². The van der Waals surface area contributed by atoms with Crippen LogP contribution in [0.25, 0.3) is 10.9 Å². The fourth-order valence-electron chi connectivity index (χ4n) is 2.46. The molecule has 1 fully saturated rings. The van der Waals surface area contributed by atoms with Gasteiger partial charge in [0.2, 0.25) is 0 Å². The number of hydrogen-bond donors (Lipinski definition) is 1. The Morgan fingerprint density at radius 3 is 3.06 bits per heavy atom. The van der Waals surface area contributed by atoms with Crippen LogP contribution in [-0.4, -0.2) is 31.2 Å². The number of nitrogens with one attached hydrogen (secondary N) is 1. The van der Waals surface area contributed by atoms with Crippen molar-refractivity contribution in [2.45, 2.75) is 12.5 Å². The van der Waals surface area contributed by atoms with Gasteiger partial charge in [-0.05, 0) is 37.2 Å². The molecule has 2 heterocycles. The highest BCUT2D eigenvalue weighted by molar-refractivity contribution is 5.81. The first-order chi connectivity index (χ1) is 8.74. The molecule has 1 aromatic heterocycles. The molecule has 0 saturated carbocycles. The third-order valence-corrected chi connectivity index (χ3v) is 3.62. The molecule has 0 bridgehead atoms. The molecule has 0 spiro atoms. The van der Waals surface area contributed by atoms with E-state index in [4.69, 9.17) is 0 Å². The highest BCUT2D eigenvalue weighted by atomic mass is 19.1. The third kappa shape index (κ3) is 2.04. The summed E-state index contributed by atoms with van der Waals surface area (Å²) in [7, 11) is 2.07. The Kier molecular flexibility index (Phi) is 2.88.